The van der Waals surface area contributed by atoms with Gasteiger partial charge >= 0.3 is 5.97 Å². The maximum atomic E-state index is 10.6. The van der Waals surface area contributed by atoms with Gasteiger partial charge in [-0.25, -0.2) is 0 Å². The van der Waals surface area contributed by atoms with Gasteiger partial charge in [0.05, 0.1) is 0 Å². The molecular formula is C10H19NO2. The smallest absolute Gasteiger partial charge is 0.303 e. The molecule has 0 bridgehead atoms. The van der Waals surface area contributed by atoms with Crippen molar-refractivity contribution < 1.29 is 9.90 Å². The van der Waals surface area contributed by atoms with Gasteiger partial charge in [-0.3, -0.25) is 4.79 Å². The summed E-state index contributed by atoms with van der Waals surface area (Å²) in [5.74, 6) is 0.328. The zero-order chi connectivity index (χ0) is 9.84. The van der Waals surface area contributed by atoms with Gasteiger partial charge in [-0.05, 0) is 31.2 Å². The van der Waals surface area contributed by atoms with Crippen LogP contribution in [0.15, 0.2) is 0 Å². The maximum absolute atomic E-state index is 10.6. The molecule has 0 aromatic heterocycles. The van der Waals surface area contributed by atoms with Crippen LogP contribution in [0.5, 0.6) is 0 Å². The van der Waals surface area contributed by atoms with Gasteiger partial charge < -0.3 is 10.4 Å². The molecule has 1 aliphatic heterocycles. The minimum absolute atomic E-state index is 0.324. The van der Waals surface area contributed by atoms with Gasteiger partial charge in [-0.2, -0.15) is 0 Å². The van der Waals surface area contributed by atoms with Crippen LogP contribution >= 0.6 is 0 Å². The molecule has 1 aliphatic rings. The van der Waals surface area contributed by atoms with Crippen LogP contribution in [0.25, 0.3) is 0 Å². The third kappa shape index (κ3) is 3.35. The Hall–Kier alpha value is -0.570. The Kier molecular flexibility index (Phi) is 3.72. The molecule has 1 rings (SSSR count). The van der Waals surface area contributed by atoms with E-state index >= 15 is 0 Å². The summed E-state index contributed by atoms with van der Waals surface area (Å²) in [6.07, 6.45) is 2.44. The summed E-state index contributed by atoms with van der Waals surface area (Å²) in [6.45, 7) is 5.34. The number of nitrogens with one attached hydrogen (secondary N) is 1. The number of rotatable bonds is 4. The molecule has 0 radical (unpaired) electrons. The topological polar surface area (TPSA) is 49.3 Å². The Balaban J connectivity index is 2.39. The molecule has 0 aliphatic carbocycles. The second-order valence-corrected chi connectivity index (χ2v) is 4.34. The third-order valence-corrected chi connectivity index (χ3v) is 2.65. The summed E-state index contributed by atoms with van der Waals surface area (Å²) in [5, 5.41) is 12.1. The lowest BCUT2D eigenvalue weighted by Crippen LogP contribution is -2.29. The SMILES string of the molecule is CC(C)C[C@H]1NCC[C@@H]1CC(=O)O. The largest absolute Gasteiger partial charge is 0.481 e. The first-order valence-corrected chi connectivity index (χ1v) is 5.04. The van der Waals surface area contributed by atoms with E-state index in [2.05, 4.69) is 19.2 Å². The number of carbonyl (C=O) groups is 1. The van der Waals surface area contributed by atoms with Crippen molar-refractivity contribution in [2.45, 2.75) is 39.2 Å². The standard InChI is InChI=1S/C10H19NO2/c1-7(2)5-9-8(3-4-11-9)6-10(12)13/h7-9,11H,3-6H2,1-2H3,(H,12,13)/t8-,9-/m1/s1. The van der Waals surface area contributed by atoms with Crippen molar-refractivity contribution in [2.24, 2.45) is 11.8 Å². The van der Waals surface area contributed by atoms with Crippen LogP contribution < -0.4 is 5.32 Å². The van der Waals surface area contributed by atoms with Crippen molar-refractivity contribution in [3.05, 3.63) is 0 Å². The Bertz CT molecular complexity index is 180. The molecule has 0 aromatic carbocycles. The summed E-state index contributed by atoms with van der Waals surface area (Å²) in [5.41, 5.74) is 0. The highest BCUT2D eigenvalue weighted by Gasteiger charge is 2.28. The van der Waals surface area contributed by atoms with E-state index in [1.165, 1.54) is 0 Å². The summed E-state index contributed by atoms with van der Waals surface area (Å²) >= 11 is 0. The molecule has 2 N–H and O–H groups in total. The van der Waals surface area contributed by atoms with Crippen molar-refractivity contribution in [3.8, 4) is 0 Å². The number of hydrogen-bond donors (Lipinski definition) is 2. The van der Waals surface area contributed by atoms with E-state index in [0.717, 1.165) is 19.4 Å². The predicted octanol–water partition coefficient (Wildman–Crippen LogP) is 1.49. The first-order chi connectivity index (χ1) is 6.09. The average molecular weight is 185 g/mol. The van der Waals surface area contributed by atoms with E-state index < -0.39 is 5.97 Å². The Morgan fingerprint density at radius 2 is 2.31 bits per heavy atom. The molecule has 1 heterocycles. The predicted molar refractivity (Wildman–Crippen MR) is 51.6 cm³/mol. The first-order valence-electron chi connectivity index (χ1n) is 5.04. The Morgan fingerprint density at radius 1 is 1.62 bits per heavy atom. The maximum Gasteiger partial charge on any atom is 0.303 e. The van der Waals surface area contributed by atoms with Gasteiger partial charge in [0, 0.05) is 12.5 Å². The van der Waals surface area contributed by atoms with Gasteiger partial charge in [0.2, 0.25) is 0 Å². The Labute approximate surface area is 79.5 Å². The van der Waals surface area contributed by atoms with Crippen molar-refractivity contribution in [3.63, 3.8) is 0 Å². The number of carboxylic acids is 1. The molecule has 0 saturated carbocycles. The first kappa shape index (κ1) is 10.5. The molecule has 13 heavy (non-hydrogen) atoms. The lowest BCUT2D eigenvalue weighted by Gasteiger charge is -2.19. The van der Waals surface area contributed by atoms with Crippen LogP contribution in [0.4, 0.5) is 0 Å². The second-order valence-electron chi connectivity index (χ2n) is 4.34. The highest BCUT2D eigenvalue weighted by atomic mass is 16.4. The third-order valence-electron chi connectivity index (χ3n) is 2.65. The molecule has 1 fully saturated rings. The van der Waals surface area contributed by atoms with Gasteiger partial charge in [0.1, 0.15) is 0 Å². The monoisotopic (exact) mass is 185 g/mol. The van der Waals surface area contributed by atoms with Crippen LogP contribution in [-0.2, 0) is 4.79 Å². The van der Waals surface area contributed by atoms with Crippen molar-refractivity contribution in [2.75, 3.05) is 6.54 Å². The van der Waals surface area contributed by atoms with Gasteiger partial charge in [-0.1, -0.05) is 13.8 Å². The van der Waals surface area contributed by atoms with Crippen molar-refractivity contribution in [1.82, 2.24) is 5.32 Å². The van der Waals surface area contributed by atoms with E-state index in [9.17, 15) is 4.79 Å². The number of hydrogen-bond acceptors (Lipinski definition) is 2. The van der Waals surface area contributed by atoms with E-state index in [1.807, 2.05) is 0 Å². The molecule has 2 atom stereocenters. The Morgan fingerprint density at radius 3 is 2.85 bits per heavy atom. The quantitative estimate of drug-likeness (QED) is 0.697. The molecular weight excluding hydrogens is 166 g/mol. The molecule has 3 nitrogen and oxygen atoms in total. The van der Waals surface area contributed by atoms with E-state index in [4.69, 9.17) is 5.11 Å². The molecule has 0 unspecified atom stereocenters. The fourth-order valence-corrected chi connectivity index (χ4v) is 2.07. The molecule has 0 aromatic rings. The minimum atomic E-state index is -0.664. The van der Waals surface area contributed by atoms with Crippen LogP contribution in [0, 0.1) is 11.8 Å². The molecule has 3 heteroatoms. The van der Waals surface area contributed by atoms with E-state index in [0.29, 0.717) is 24.3 Å². The lowest BCUT2D eigenvalue weighted by molar-refractivity contribution is -0.138. The fourth-order valence-electron chi connectivity index (χ4n) is 2.07. The van der Waals surface area contributed by atoms with Gasteiger partial charge in [0.15, 0.2) is 0 Å². The molecule has 1 saturated heterocycles. The van der Waals surface area contributed by atoms with Gasteiger partial charge in [-0.15, -0.1) is 0 Å². The van der Waals surface area contributed by atoms with Crippen molar-refractivity contribution >= 4 is 5.97 Å². The zero-order valence-electron chi connectivity index (χ0n) is 8.42. The molecule has 0 spiro atoms. The average Bonchev–Trinajstić information content (AvgIpc) is 2.34. The highest BCUT2D eigenvalue weighted by Crippen LogP contribution is 2.24. The van der Waals surface area contributed by atoms with Crippen LogP contribution in [0.1, 0.15) is 33.1 Å². The van der Waals surface area contributed by atoms with Crippen LogP contribution in [-0.4, -0.2) is 23.7 Å². The summed E-state index contributed by atoms with van der Waals surface area (Å²) in [4.78, 5) is 10.6. The number of carboxylic acid groups (broad SMARTS) is 1. The van der Waals surface area contributed by atoms with E-state index in [1.54, 1.807) is 0 Å². The zero-order valence-corrected chi connectivity index (χ0v) is 8.42. The van der Waals surface area contributed by atoms with Crippen LogP contribution in [0.3, 0.4) is 0 Å². The lowest BCUT2D eigenvalue weighted by atomic mass is 9.91. The molecule has 0 amide bonds. The summed E-state index contributed by atoms with van der Waals surface area (Å²) < 4.78 is 0. The second kappa shape index (κ2) is 4.61. The fraction of sp³-hybridized carbons (Fsp3) is 0.900. The summed E-state index contributed by atoms with van der Waals surface area (Å²) in [7, 11) is 0. The van der Waals surface area contributed by atoms with E-state index in [-0.39, 0.29) is 0 Å². The normalized spacial score (nSPS) is 28.2. The number of aliphatic carboxylic acids is 1. The van der Waals surface area contributed by atoms with Gasteiger partial charge in [0.25, 0.3) is 0 Å². The summed E-state index contributed by atoms with van der Waals surface area (Å²) in [6, 6.07) is 0.427. The van der Waals surface area contributed by atoms with Crippen molar-refractivity contribution in [1.29, 1.82) is 0 Å². The minimum Gasteiger partial charge on any atom is -0.481 e. The highest BCUT2D eigenvalue weighted by molar-refractivity contribution is 5.67. The molecule has 76 valence electrons. The van der Waals surface area contributed by atoms with Crippen LogP contribution in [0.2, 0.25) is 0 Å².